The lowest BCUT2D eigenvalue weighted by atomic mass is 10.6. The highest BCUT2D eigenvalue weighted by molar-refractivity contribution is 5.35. The van der Waals surface area contributed by atoms with Crippen LogP contribution in [-0.4, -0.2) is 32.0 Å². The summed E-state index contributed by atoms with van der Waals surface area (Å²) >= 11 is 0. The average molecular weight is 132 g/mol. The molecule has 0 rings (SSSR count). The minimum atomic E-state index is 0.389. The maximum absolute atomic E-state index is 9.80. The van der Waals surface area contributed by atoms with Crippen LogP contribution in [-0.2, 0) is 4.79 Å². The highest BCUT2D eigenvalue weighted by Gasteiger charge is 1.99. The highest BCUT2D eigenvalue weighted by Crippen LogP contribution is 1.76. The number of nitrogens with zero attached hydrogens (tertiary/aromatic N) is 1. The topological polar surface area (TPSA) is 17.1 Å². The van der Waals surface area contributed by atoms with Crippen LogP contribution in [0.4, 0.5) is 0 Å². The van der Waals surface area contributed by atoms with Gasteiger partial charge in [0.15, 0.2) is 0 Å². The van der Waals surface area contributed by atoms with E-state index in [0.29, 0.717) is 4.48 Å². The van der Waals surface area contributed by atoms with E-state index < -0.39 is 0 Å². The molecule has 0 saturated carbocycles. The Morgan fingerprint density at radius 3 is 1.33 bits per heavy atom. The van der Waals surface area contributed by atoms with Crippen LogP contribution in [0.2, 0.25) is 0 Å². The van der Waals surface area contributed by atoms with E-state index in [-0.39, 0.29) is 0 Å². The van der Waals surface area contributed by atoms with Crippen molar-refractivity contribution >= 4 is 6.41 Å². The predicted octanol–water partition coefficient (Wildman–Crippen LogP) is 1.27. The van der Waals surface area contributed by atoms with Crippen LogP contribution in [0.1, 0.15) is 20.3 Å². The molecule has 0 aliphatic heterocycles. The Balaban J connectivity index is 0. The number of hydrogen-bond donors (Lipinski definition) is 0. The van der Waals surface area contributed by atoms with Crippen LogP contribution in [0, 0.1) is 0 Å². The first kappa shape index (κ1) is 11.4. The SMILES string of the molecule is CCC.C[N+](C)(C)C=O. The first-order valence-electron chi connectivity index (χ1n) is 3.25. The molecule has 0 atom stereocenters. The van der Waals surface area contributed by atoms with Gasteiger partial charge >= 0.3 is 6.41 Å². The van der Waals surface area contributed by atoms with Gasteiger partial charge in [0.05, 0.1) is 21.1 Å². The molecule has 0 spiro atoms. The van der Waals surface area contributed by atoms with Gasteiger partial charge in [-0.1, -0.05) is 20.3 Å². The van der Waals surface area contributed by atoms with Gasteiger partial charge in [-0.2, -0.15) is 0 Å². The Bertz CT molecular complexity index is 63.8. The second-order valence-electron chi connectivity index (χ2n) is 2.93. The molecule has 0 N–H and O–H groups in total. The average Bonchev–Trinajstić information content (AvgIpc) is 1.67. The standard InChI is InChI=1S/C4H10NO.C3H8/c1-5(2,3)4-6;1-3-2/h4H,1-3H3;3H2,1-2H3/q+1;. The van der Waals surface area contributed by atoms with Crippen LogP contribution < -0.4 is 0 Å². The summed E-state index contributed by atoms with van der Waals surface area (Å²) in [5, 5.41) is 0. The monoisotopic (exact) mass is 132 g/mol. The van der Waals surface area contributed by atoms with Gasteiger partial charge < -0.3 is 0 Å². The van der Waals surface area contributed by atoms with Crippen LogP contribution in [0.5, 0.6) is 0 Å². The van der Waals surface area contributed by atoms with Crippen LogP contribution >= 0.6 is 0 Å². The van der Waals surface area contributed by atoms with E-state index >= 15 is 0 Å². The maximum atomic E-state index is 9.80. The van der Waals surface area contributed by atoms with Gasteiger partial charge in [0.2, 0.25) is 0 Å². The molecule has 0 saturated heterocycles. The number of rotatable bonds is 1. The Kier molecular flexibility index (Phi) is 7.32. The Morgan fingerprint density at radius 2 is 1.33 bits per heavy atom. The molecule has 0 aliphatic rings. The first-order chi connectivity index (χ1) is 3.97. The Hall–Kier alpha value is -0.370. The van der Waals surface area contributed by atoms with E-state index in [1.165, 1.54) is 6.42 Å². The summed E-state index contributed by atoms with van der Waals surface area (Å²) in [7, 11) is 5.44. The first-order valence-corrected chi connectivity index (χ1v) is 3.25. The largest absolute Gasteiger partial charge is 0.300 e. The number of carbonyl (C=O) groups excluding carboxylic acids is 1. The van der Waals surface area contributed by atoms with E-state index in [1.807, 2.05) is 21.1 Å². The van der Waals surface area contributed by atoms with Crippen molar-refractivity contribution in [2.45, 2.75) is 20.3 Å². The lowest BCUT2D eigenvalue weighted by Crippen LogP contribution is -2.31. The normalized spacial score (nSPS) is 9.44. The van der Waals surface area contributed by atoms with Crippen molar-refractivity contribution in [3.8, 4) is 0 Å². The minimum absolute atomic E-state index is 0.389. The van der Waals surface area contributed by atoms with Gasteiger partial charge in [0.1, 0.15) is 0 Å². The molecule has 2 nitrogen and oxygen atoms in total. The Morgan fingerprint density at radius 1 is 1.22 bits per heavy atom. The Labute approximate surface area is 58.1 Å². The van der Waals surface area contributed by atoms with Crippen molar-refractivity contribution in [1.82, 2.24) is 0 Å². The fourth-order valence-corrected chi connectivity index (χ4v) is 0. The molecule has 56 valence electrons. The van der Waals surface area contributed by atoms with Gasteiger partial charge in [-0.15, -0.1) is 0 Å². The van der Waals surface area contributed by atoms with Gasteiger partial charge in [0.25, 0.3) is 0 Å². The number of carbonyl (C=O) groups is 1. The van der Waals surface area contributed by atoms with E-state index in [1.54, 1.807) is 0 Å². The molecule has 0 aromatic heterocycles. The van der Waals surface area contributed by atoms with Gasteiger partial charge in [-0.05, 0) is 0 Å². The smallest absolute Gasteiger partial charge is 0.270 e. The van der Waals surface area contributed by atoms with Gasteiger partial charge in [-0.3, -0.25) is 4.48 Å². The van der Waals surface area contributed by atoms with Crippen molar-refractivity contribution in [1.29, 1.82) is 0 Å². The van der Waals surface area contributed by atoms with Crippen molar-refractivity contribution in [3.63, 3.8) is 0 Å². The van der Waals surface area contributed by atoms with E-state index in [9.17, 15) is 4.79 Å². The second-order valence-corrected chi connectivity index (χ2v) is 2.93. The molecule has 9 heavy (non-hydrogen) atoms. The molecular weight excluding hydrogens is 114 g/mol. The lowest BCUT2D eigenvalue weighted by Gasteiger charge is -2.11. The number of hydrogen-bond acceptors (Lipinski definition) is 1. The van der Waals surface area contributed by atoms with Crippen molar-refractivity contribution in [3.05, 3.63) is 0 Å². The summed E-state index contributed by atoms with van der Waals surface area (Å²) in [6, 6.07) is 0. The van der Waals surface area contributed by atoms with Crippen LogP contribution in [0.15, 0.2) is 0 Å². The lowest BCUT2D eigenvalue weighted by molar-refractivity contribution is -0.782. The number of quaternary nitrogens is 1. The fourth-order valence-electron chi connectivity index (χ4n) is 0. The maximum Gasteiger partial charge on any atom is 0.300 e. The zero-order valence-electron chi connectivity index (χ0n) is 7.14. The molecule has 0 unspecified atom stereocenters. The van der Waals surface area contributed by atoms with Crippen molar-refractivity contribution in [2.75, 3.05) is 21.1 Å². The molecule has 0 heterocycles. The predicted molar refractivity (Wildman–Crippen MR) is 40.1 cm³/mol. The summed E-state index contributed by atoms with van der Waals surface area (Å²) in [6.07, 6.45) is 2.12. The third-order valence-electron chi connectivity index (χ3n) is 0.316. The quantitative estimate of drug-likeness (QED) is 0.388. The summed E-state index contributed by atoms with van der Waals surface area (Å²) in [4.78, 5) is 9.80. The molecule has 0 aromatic carbocycles. The molecule has 0 aromatic rings. The van der Waals surface area contributed by atoms with E-state index in [4.69, 9.17) is 0 Å². The molecule has 0 fully saturated rings. The third kappa shape index (κ3) is 35.0. The third-order valence-corrected chi connectivity index (χ3v) is 0.316. The van der Waals surface area contributed by atoms with Gasteiger partial charge in [0, 0.05) is 0 Å². The fraction of sp³-hybridized carbons (Fsp3) is 0.857. The minimum Gasteiger partial charge on any atom is -0.270 e. The zero-order valence-corrected chi connectivity index (χ0v) is 7.14. The zero-order chi connectivity index (χ0) is 7.91. The summed E-state index contributed by atoms with van der Waals surface area (Å²) in [5.74, 6) is 0. The number of amides is 1. The van der Waals surface area contributed by atoms with Crippen molar-refractivity contribution < 1.29 is 9.28 Å². The van der Waals surface area contributed by atoms with Crippen LogP contribution in [0.25, 0.3) is 0 Å². The molecular formula is C7H18NO+. The highest BCUT2D eigenvalue weighted by atomic mass is 16.1. The summed E-state index contributed by atoms with van der Waals surface area (Å²) < 4.78 is 0.389. The second kappa shape index (κ2) is 5.76. The summed E-state index contributed by atoms with van der Waals surface area (Å²) in [6.45, 7) is 4.25. The molecule has 0 aliphatic carbocycles. The van der Waals surface area contributed by atoms with E-state index in [0.717, 1.165) is 6.41 Å². The molecule has 1 amide bonds. The van der Waals surface area contributed by atoms with Crippen LogP contribution in [0.3, 0.4) is 0 Å². The molecule has 0 bridgehead atoms. The van der Waals surface area contributed by atoms with E-state index in [2.05, 4.69) is 13.8 Å². The summed E-state index contributed by atoms with van der Waals surface area (Å²) in [5.41, 5.74) is 0. The molecule has 2 heteroatoms. The van der Waals surface area contributed by atoms with Gasteiger partial charge in [-0.25, -0.2) is 4.79 Å². The molecule has 0 radical (unpaired) electrons. The van der Waals surface area contributed by atoms with Crippen molar-refractivity contribution in [2.24, 2.45) is 0 Å².